The number of anilines is 1. The van der Waals surface area contributed by atoms with Gasteiger partial charge in [0.1, 0.15) is 11.5 Å². The van der Waals surface area contributed by atoms with Gasteiger partial charge in [0.25, 0.3) is 0 Å². The van der Waals surface area contributed by atoms with Gasteiger partial charge in [-0.05, 0) is 24.3 Å². The molecule has 3 aromatic rings. The van der Waals surface area contributed by atoms with Crippen LogP contribution in [-0.2, 0) is 11.8 Å². The van der Waals surface area contributed by atoms with Crippen LogP contribution in [0.15, 0.2) is 53.7 Å². The molecule has 0 aliphatic heterocycles. The van der Waals surface area contributed by atoms with E-state index in [-0.39, 0.29) is 17.4 Å². The van der Waals surface area contributed by atoms with E-state index in [1.54, 1.807) is 25.3 Å². The maximum Gasteiger partial charge on any atom is 0.234 e. The van der Waals surface area contributed by atoms with E-state index in [1.165, 1.54) is 17.8 Å². The van der Waals surface area contributed by atoms with Gasteiger partial charge in [-0.15, -0.1) is 10.2 Å². The number of hydrogen-bond acceptors (Lipinski definition) is 6. The maximum absolute atomic E-state index is 12.1. The van der Waals surface area contributed by atoms with Gasteiger partial charge in [0.15, 0.2) is 11.0 Å². The zero-order chi connectivity index (χ0) is 18.5. The SMILES string of the molecule is COc1cccc(-c2nnc(SCC(=O)Nc3cccc(O)c3)n2C)c1. The number of nitrogens with one attached hydrogen (secondary N) is 1. The Bertz CT molecular complexity index is 926. The summed E-state index contributed by atoms with van der Waals surface area (Å²) in [5, 5.41) is 21.2. The first-order valence-corrected chi connectivity index (χ1v) is 8.81. The molecule has 0 aliphatic carbocycles. The average Bonchev–Trinajstić information content (AvgIpc) is 3.00. The summed E-state index contributed by atoms with van der Waals surface area (Å²) in [6, 6.07) is 14.0. The summed E-state index contributed by atoms with van der Waals surface area (Å²) in [4.78, 5) is 12.1. The van der Waals surface area contributed by atoms with Crippen LogP contribution in [0.5, 0.6) is 11.5 Å². The molecule has 0 unspecified atom stereocenters. The summed E-state index contributed by atoms with van der Waals surface area (Å²) < 4.78 is 7.07. The van der Waals surface area contributed by atoms with E-state index in [2.05, 4.69) is 15.5 Å². The Morgan fingerprint density at radius 3 is 2.81 bits per heavy atom. The monoisotopic (exact) mass is 370 g/mol. The smallest absolute Gasteiger partial charge is 0.234 e. The number of benzene rings is 2. The molecule has 1 amide bonds. The number of phenols is 1. The highest BCUT2D eigenvalue weighted by Gasteiger charge is 2.13. The molecule has 2 N–H and O–H groups in total. The first-order valence-electron chi connectivity index (χ1n) is 7.82. The maximum atomic E-state index is 12.1. The summed E-state index contributed by atoms with van der Waals surface area (Å²) >= 11 is 1.29. The summed E-state index contributed by atoms with van der Waals surface area (Å²) in [5.74, 6) is 1.53. The third kappa shape index (κ3) is 4.15. The Hall–Kier alpha value is -3.00. The molecule has 7 nitrogen and oxygen atoms in total. The fourth-order valence-electron chi connectivity index (χ4n) is 2.36. The van der Waals surface area contributed by atoms with Crippen molar-refractivity contribution in [2.75, 3.05) is 18.2 Å². The second kappa shape index (κ2) is 7.92. The van der Waals surface area contributed by atoms with Crippen molar-refractivity contribution in [2.45, 2.75) is 5.16 Å². The quantitative estimate of drug-likeness (QED) is 0.649. The van der Waals surface area contributed by atoms with Crippen LogP contribution < -0.4 is 10.1 Å². The summed E-state index contributed by atoms with van der Waals surface area (Å²) in [6.07, 6.45) is 0. The van der Waals surface area contributed by atoms with E-state index in [0.29, 0.717) is 16.7 Å². The fraction of sp³-hybridized carbons (Fsp3) is 0.167. The summed E-state index contributed by atoms with van der Waals surface area (Å²) in [7, 11) is 3.46. The molecule has 26 heavy (non-hydrogen) atoms. The zero-order valence-corrected chi connectivity index (χ0v) is 15.2. The molecule has 0 radical (unpaired) electrons. The predicted molar refractivity (Wildman–Crippen MR) is 100 cm³/mol. The van der Waals surface area contributed by atoms with Crippen LogP contribution in [0.3, 0.4) is 0 Å². The molecule has 1 aromatic heterocycles. The van der Waals surface area contributed by atoms with E-state index in [4.69, 9.17) is 4.74 Å². The first-order chi connectivity index (χ1) is 12.6. The van der Waals surface area contributed by atoms with Crippen LogP contribution in [0.4, 0.5) is 5.69 Å². The molecule has 134 valence electrons. The van der Waals surface area contributed by atoms with Gasteiger partial charge in [-0.25, -0.2) is 0 Å². The number of nitrogens with zero attached hydrogens (tertiary/aromatic N) is 3. The molecule has 0 spiro atoms. The molecular weight excluding hydrogens is 352 g/mol. The Kier molecular flexibility index (Phi) is 5.43. The predicted octanol–water partition coefficient (Wildman–Crippen LogP) is 2.93. The van der Waals surface area contributed by atoms with Crippen molar-refractivity contribution in [1.29, 1.82) is 0 Å². The standard InChI is InChI=1S/C18H18N4O3S/c1-22-17(12-5-3-8-15(9-12)25-2)20-21-18(22)26-11-16(24)19-13-6-4-7-14(23)10-13/h3-10,23H,11H2,1-2H3,(H,19,24). The minimum atomic E-state index is -0.188. The number of carbonyl (C=O) groups is 1. The van der Waals surface area contributed by atoms with E-state index in [0.717, 1.165) is 11.3 Å². The molecule has 0 atom stereocenters. The summed E-state index contributed by atoms with van der Waals surface area (Å²) in [6.45, 7) is 0. The minimum absolute atomic E-state index is 0.103. The largest absolute Gasteiger partial charge is 0.508 e. The highest BCUT2D eigenvalue weighted by molar-refractivity contribution is 7.99. The number of amides is 1. The molecule has 0 aliphatic rings. The summed E-state index contributed by atoms with van der Waals surface area (Å²) in [5.41, 5.74) is 1.43. The lowest BCUT2D eigenvalue weighted by Gasteiger charge is -2.06. The Morgan fingerprint density at radius 1 is 1.23 bits per heavy atom. The lowest BCUT2D eigenvalue weighted by atomic mass is 10.2. The van der Waals surface area contributed by atoms with Crippen molar-refractivity contribution in [3.05, 3.63) is 48.5 Å². The molecule has 3 rings (SSSR count). The van der Waals surface area contributed by atoms with Gasteiger partial charge >= 0.3 is 0 Å². The van der Waals surface area contributed by atoms with Gasteiger partial charge < -0.3 is 19.7 Å². The molecule has 0 fully saturated rings. The Labute approximate surface area is 155 Å². The van der Waals surface area contributed by atoms with Crippen LogP contribution in [-0.4, -0.2) is 38.6 Å². The second-order valence-electron chi connectivity index (χ2n) is 5.48. The van der Waals surface area contributed by atoms with Gasteiger partial charge in [-0.3, -0.25) is 4.79 Å². The molecule has 8 heteroatoms. The van der Waals surface area contributed by atoms with Crippen molar-refractivity contribution in [2.24, 2.45) is 7.05 Å². The highest BCUT2D eigenvalue weighted by atomic mass is 32.2. The van der Waals surface area contributed by atoms with E-state index in [9.17, 15) is 9.90 Å². The van der Waals surface area contributed by atoms with Crippen LogP contribution in [0.25, 0.3) is 11.4 Å². The second-order valence-corrected chi connectivity index (χ2v) is 6.43. The van der Waals surface area contributed by atoms with Crippen LogP contribution in [0.1, 0.15) is 0 Å². The molecule has 0 saturated carbocycles. The third-order valence-electron chi connectivity index (χ3n) is 3.63. The molecule has 0 bridgehead atoms. The van der Waals surface area contributed by atoms with Crippen molar-refractivity contribution < 1.29 is 14.6 Å². The zero-order valence-electron chi connectivity index (χ0n) is 14.3. The van der Waals surface area contributed by atoms with E-state index >= 15 is 0 Å². The normalized spacial score (nSPS) is 10.5. The molecule has 1 heterocycles. The number of phenolic OH excluding ortho intramolecular Hbond substituents is 1. The first kappa shape index (κ1) is 17.8. The Balaban J connectivity index is 1.65. The van der Waals surface area contributed by atoms with Crippen LogP contribution in [0.2, 0.25) is 0 Å². The number of rotatable bonds is 6. The number of hydrogen-bond donors (Lipinski definition) is 2. The van der Waals surface area contributed by atoms with Crippen molar-refractivity contribution >= 4 is 23.4 Å². The van der Waals surface area contributed by atoms with Gasteiger partial charge in [-0.2, -0.15) is 0 Å². The topological polar surface area (TPSA) is 89.3 Å². The Morgan fingerprint density at radius 2 is 2.04 bits per heavy atom. The number of thioether (sulfide) groups is 1. The van der Waals surface area contributed by atoms with Crippen molar-refractivity contribution in [3.63, 3.8) is 0 Å². The molecule has 0 saturated heterocycles. The van der Waals surface area contributed by atoms with E-state index < -0.39 is 0 Å². The number of aromatic hydroxyl groups is 1. The number of carbonyl (C=O) groups excluding carboxylic acids is 1. The van der Waals surface area contributed by atoms with E-state index in [1.807, 2.05) is 35.9 Å². The number of ether oxygens (including phenoxy) is 1. The average molecular weight is 370 g/mol. The van der Waals surface area contributed by atoms with Gasteiger partial charge in [0.05, 0.1) is 12.9 Å². The lowest BCUT2D eigenvalue weighted by molar-refractivity contribution is -0.113. The van der Waals surface area contributed by atoms with Gasteiger partial charge in [-0.1, -0.05) is 30.0 Å². The highest BCUT2D eigenvalue weighted by Crippen LogP contribution is 2.25. The van der Waals surface area contributed by atoms with Gasteiger partial charge in [0.2, 0.25) is 5.91 Å². The van der Waals surface area contributed by atoms with Crippen molar-refractivity contribution in [3.8, 4) is 22.9 Å². The molecular formula is C18H18N4O3S. The number of methoxy groups -OCH3 is 1. The molecule has 2 aromatic carbocycles. The fourth-order valence-corrected chi connectivity index (χ4v) is 3.08. The van der Waals surface area contributed by atoms with Crippen LogP contribution >= 0.6 is 11.8 Å². The minimum Gasteiger partial charge on any atom is -0.508 e. The third-order valence-corrected chi connectivity index (χ3v) is 4.65. The lowest BCUT2D eigenvalue weighted by Crippen LogP contribution is -2.14. The van der Waals surface area contributed by atoms with Crippen molar-refractivity contribution in [1.82, 2.24) is 14.8 Å². The number of aromatic nitrogens is 3. The van der Waals surface area contributed by atoms with Gasteiger partial charge in [0, 0.05) is 24.4 Å². The van der Waals surface area contributed by atoms with Crippen LogP contribution in [0, 0.1) is 0 Å².